The van der Waals surface area contributed by atoms with Crippen LogP contribution in [0.4, 0.5) is 32.2 Å². The maximum absolute atomic E-state index is 14.8. The van der Waals surface area contributed by atoms with Gasteiger partial charge in [0.15, 0.2) is 0 Å². The molecule has 12 heteroatoms. The summed E-state index contributed by atoms with van der Waals surface area (Å²) in [6.45, 7) is 0.725. The molecule has 0 radical (unpaired) electrons. The van der Waals surface area contributed by atoms with Crippen LogP contribution in [-0.4, -0.2) is 51.6 Å². The van der Waals surface area contributed by atoms with Crippen molar-refractivity contribution < 1.29 is 31.1 Å². The topological polar surface area (TPSA) is 67.2 Å². The molecule has 3 heterocycles. The molecule has 1 aliphatic rings. The van der Waals surface area contributed by atoms with Gasteiger partial charge in [0, 0.05) is 31.3 Å². The number of carbonyl (C=O) groups excluding carboxylic acids is 1. The van der Waals surface area contributed by atoms with Gasteiger partial charge in [-0.05, 0) is 37.6 Å². The van der Waals surface area contributed by atoms with Gasteiger partial charge in [-0.25, -0.2) is 18.2 Å². The normalized spacial score (nSPS) is 19.8. The number of hydrogen-bond acceptors (Lipinski definition) is 4. The Balaban J connectivity index is 1.83. The van der Waals surface area contributed by atoms with Gasteiger partial charge in [0.05, 0.1) is 18.2 Å². The molecule has 1 aliphatic heterocycles. The summed E-state index contributed by atoms with van der Waals surface area (Å²) < 4.78 is 81.5. The van der Waals surface area contributed by atoms with E-state index in [0.29, 0.717) is 4.57 Å². The summed E-state index contributed by atoms with van der Waals surface area (Å²) in [4.78, 5) is 29.8. The van der Waals surface area contributed by atoms with E-state index >= 15 is 0 Å². The minimum Gasteiger partial charge on any atom is -0.309 e. The number of hydrogen-bond donors (Lipinski definition) is 1. The number of piperidine rings is 1. The molecular formula is C21H22F6N4O2. The van der Waals surface area contributed by atoms with E-state index in [4.69, 9.17) is 0 Å². The molecule has 180 valence electrons. The van der Waals surface area contributed by atoms with Crippen LogP contribution in [0.15, 0.2) is 35.4 Å². The Kier molecular flexibility index (Phi) is 6.87. The van der Waals surface area contributed by atoms with Crippen molar-refractivity contribution >= 4 is 11.7 Å². The summed E-state index contributed by atoms with van der Waals surface area (Å²) in [7, 11) is 0. The number of rotatable bonds is 5. The van der Waals surface area contributed by atoms with Crippen LogP contribution in [0.5, 0.6) is 0 Å². The standard InChI is InChI=1S/C21H22F6N4O2/c1-12-7-14(9-31(19(12)33)11-21(25,26)27)16-10-30(6-5-20(16,23)24)13(2)18(32)29-17-4-3-15(22)8-28-17/h3-4,7-9,13,16H,5-6,10-11H2,1-2H3,(H,28,29,32)/t13-,16?/m0/s1. The van der Waals surface area contributed by atoms with Gasteiger partial charge in [-0.15, -0.1) is 0 Å². The fourth-order valence-electron chi connectivity index (χ4n) is 3.79. The number of aromatic nitrogens is 2. The zero-order valence-corrected chi connectivity index (χ0v) is 17.8. The van der Waals surface area contributed by atoms with Crippen LogP contribution in [0.3, 0.4) is 0 Å². The second-order valence-electron chi connectivity index (χ2n) is 8.09. The highest BCUT2D eigenvalue weighted by atomic mass is 19.4. The van der Waals surface area contributed by atoms with Crippen molar-refractivity contribution in [3.63, 3.8) is 0 Å². The van der Waals surface area contributed by atoms with E-state index in [1.165, 1.54) is 30.9 Å². The molecule has 6 nitrogen and oxygen atoms in total. The average molecular weight is 476 g/mol. The van der Waals surface area contributed by atoms with Gasteiger partial charge in [0.2, 0.25) is 5.91 Å². The van der Waals surface area contributed by atoms with Gasteiger partial charge < -0.3 is 9.88 Å². The minimum absolute atomic E-state index is 0.0852. The predicted octanol–water partition coefficient (Wildman–Crippen LogP) is 3.70. The van der Waals surface area contributed by atoms with E-state index in [-0.39, 0.29) is 30.0 Å². The van der Waals surface area contributed by atoms with E-state index in [0.717, 1.165) is 18.5 Å². The molecule has 2 atom stereocenters. The SMILES string of the molecule is Cc1cc(C2CN([C@@H](C)C(=O)Nc3ccc(F)cn3)CCC2(F)F)cn(CC(F)(F)F)c1=O. The highest BCUT2D eigenvalue weighted by Crippen LogP contribution is 2.41. The Morgan fingerprint density at radius 2 is 2.03 bits per heavy atom. The lowest BCUT2D eigenvalue weighted by Gasteiger charge is -2.41. The second-order valence-corrected chi connectivity index (χ2v) is 8.09. The van der Waals surface area contributed by atoms with Crippen molar-refractivity contribution in [2.24, 2.45) is 0 Å². The molecule has 1 saturated heterocycles. The zero-order valence-electron chi connectivity index (χ0n) is 17.8. The summed E-state index contributed by atoms with van der Waals surface area (Å²) in [5, 5.41) is 2.48. The molecule has 3 rings (SSSR count). The first-order valence-corrected chi connectivity index (χ1v) is 10.1. The Hall–Kier alpha value is -2.89. The molecule has 0 aliphatic carbocycles. The molecule has 0 saturated carbocycles. The lowest BCUT2D eigenvalue weighted by atomic mass is 9.86. The summed E-state index contributed by atoms with van der Waals surface area (Å²) in [5.41, 5.74) is -1.11. The smallest absolute Gasteiger partial charge is 0.309 e. The zero-order chi connectivity index (χ0) is 24.6. The van der Waals surface area contributed by atoms with E-state index in [2.05, 4.69) is 10.3 Å². The number of alkyl halides is 5. The monoisotopic (exact) mass is 476 g/mol. The molecule has 2 aromatic heterocycles. The number of likely N-dealkylation sites (tertiary alicyclic amines) is 1. The lowest BCUT2D eigenvalue weighted by molar-refractivity contribution is -0.141. The summed E-state index contributed by atoms with van der Waals surface area (Å²) in [6, 6.07) is 2.64. The molecule has 1 amide bonds. The third kappa shape index (κ3) is 5.92. The van der Waals surface area contributed by atoms with Crippen molar-refractivity contribution in [3.05, 3.63) is 57.9 Å². The summed E-state index contributed by atoms with van der Waals surface area (Å²) >= 11 is 0. The van der Waals surface area contributed by atoms with Gasteiger partial charge in [-0.3, -0.25) is 14.5 Å². The molecule has 0 aromatic carbocycles. The van der Waals surface area contributed by atoms with Crippen LogP contribution in [0, 0.1) is 12.7 Å². The molecule has 1 fully saturated rings. The third-order valence-corrected chi connectivity index (χ3v) is 5.60. The first kappa shape index (κ1) is 24.7. The molecule has 0 bridgehead atoms. The highest BCUT2D eigenvalue weighted by Gasteiger charge is 2.46. The Morgan fingerprint density at radius 3 is 2.64 bits per heavy atom. The Labute approximate surface area is 185 Å². The largest absolute Gasteiger partial charge is 0.406 e. The van der Waals surface area contributed by atoms with Gasteiger partial charge in [0.1, 0.15) is 18.2 Å². The molecule has 1 N–H and O–H groups in total. The van der Waals surface area contributed by atoms with Crippen LogP contribution in [0.1, 0.15) is 30.4 Å². The van der Waals surface area contributed by atoms with Crippen molar-refractivity contribution in [3.8, 4) is 0 Å². The number of anilines is 1. The molecule has 0 spiro atoms. The number of nitrogens with one attached hydrogen (secondary N) is 1. The number of amides is 1. The van der Waals surface area contributed by atoms with E-state index in [1.54, 1.807) is 0 Å². The van der Waals surface area contributed by atoms with E-state index < -0.39 is 54.3 Å². The molecule has 33 heavy (non-hydrogen) atoms. The summed E-state index contributed by atoms with van der Waals surface area (Å²) in [5.74, 6) is -5.84. The van der Waals surface area contributed by atoms with Gasteiger partial charge in [-0.2, -0.15) is 13.2 Å². The molecule has 1 unspecified atom stereocenters. The van der Waals surface area contributed by atoms with Crippen molar-refractivity contribution in [2.45, 2.75) is 50.9 Å². The first-order chi connectivity index (χ1) is 15.3. The summed E-state index contributed by atoms with van der Waals surface area (Å²) in [6.07, 6.45) is -3.59. The number of carbonyl (C=O) groups is 1. The van der Waals surface area contributed by atoms with Gasteiger partial charge in [0.25, 0.3) is 11.5 Å². The number of pyridine rings is 2. The number of nitrogens with zero attached hydrogens (tertiary/aromatic N) is 3. The van der Waals surface area contributed by atoms with Crippen LogP contribution in [0.25, 0.3) is 0 Å². The van der Waals surface area contributed by atoms with E-state index in [9.17, 15) is 35.9 Å². The number of halogens is 6. The fourth-order valence-corrected chi connectivity index (χ4v) is 3.79. The van der Waals surface area contributed by atoms with Crippen LogP contribution in [0.2, 0.25) is 0 Å². The third-order valence-electron chi connectivity index (χ3n) is 5.60. The number of aryl methyl sites for hydroxylation is 1. The highest BCUT2D eigenvalue weighted by molar-refractivity contribution is 5.93. The predicted molar refractivity (Wildman–Crippen MR) is 108 cm³/mol. The van der Waals surface area contributed by atoms with Crippen LogP contribution >= 0.6 is 0 Å². The van der Waals surface area contributed by atoms with E-state index in [1.807, 2.05) is 0 Å². The van der Waals surface area contributed by atoms with Crippen molar-refractivity contribution in [1.29, 1.82) is 0 Å². The molecular weight excluding hydrogens is 454 g/mol. The fraction of sp³-hybridized carbons (Fsp3) is 0.476. The Morgan fingerprint density at radius 1 is 1.33 bits per heavy atom. The van der Waals surface area contributed by atoms with Gasteiger partial charge in [-0.1, -0.05) is 0 Å². The second kappa shape index (κ2) is 9.16. The lowest BCUT2D eigenvalue weighted by Crippen LogP contribution is -2.52. The maximum atomic E-state index is 14.8. The molecule has 2 aromatic rings. The van der Waals surface area contributed by atoms with Crippen molar-refractivity contribution in [1.82, 2.24) is 14.5 Å². The first-order valence-electron chi connectivity index (χ1n) is 10.1. The van der Waals surface area contributed by atoms with Gasteiger partial charge >= 0.3 is 6.18 Å². The maximum Gasteiger partial charge on any atom is 0.406 e. The van der Waals surface area contributed by atoms with Crippen LogP contribution in [-0.2, 0) is 11.3 Å². The average Bonchev–Trinajstić information content (AvgIpc) is 2.71. The van der Waals surface area contributed by atoms with Crippen molar-refractivity contribution in [2.75, 3.05) is 18.4 Å². The quantitative estimate of drug-likeness (QED) is 0.669. The Bertz CT molecular complexity index is 1070. The van der Waals surface area contributed by atoms with Crippen LogP contribution < -0.4 is 10.9 Å². The minimum atomic E-state index is -4.70.